The van der Waals surface area contributed by atoms with Gasteiger partial charge in [-0.15, -0.1) is 11.3 Å². The summed E-state index contributed by atoms with van der Waals surface area (Å²) >= 11 is 7.26. The SMILES string of the molecule is CCOC(=O)c1c(NC(=S)N(C)Cc2cnn(CC)c2)sc2c1CCCCC2. The fourth-order valence-electron chi connectivity index (χ4n) is 3.45. The lowest BCUT2D eigenvalue weighted by Crippen LogP contribution is -2.30. The predicted octanol–water partition coefficient (Wildman–Crippen LogP) is 4.24. The van der Waals surface area contributed by atoms with E-state index in [0.717, 1.165) is 41.9 Å². The molecule has 8 heteroatoms. The Kier molecular flexibility index (Phi) is 7.07. The summed E-state index contributed by atoms with van der Waals surface area (Å²) in [6.45, 7) is 5.77. The number of anilines is 1. The summed E-state index contributed by atoms with van der Waals surface area (Å²) < 4.78 is 7.24. The summed E-state index contributed by atoms with van der Waals surface area (Å²) in [6, 6.07) is 0. The van der Waals surface area contributed by atoms with Crippen molar-refractivity contribution in [2.75, 3.05) is 19.0 Å². The van der Waals surface area contributed by atoms with Crippen molar-refractivity contribution in [1.82, 2.24) is 14.7 Å². The lowest BCUT2D eigenvalue weighted by Gasteiger charge is -2.20. The number of nitrogens with zero attached hydrogens (tertiary/aromatic N) is 3. The molecule has 0 bridgehead atoms. The van der Waals surface area contributed by atoms with Gasteiger partial charge in [0.25, 0.3) is 0 Å². The molecule has 3 rings (SSSR count). The Bertz CT molecular complexity index is 843. The van der Waals surface area contributed by atoms with E-state index in [1.165, 1.54) is 17.7 Å². The summed E-state index contributed by atoms with van der Waals surface area (Å²) in [4.78, 5) is 15.9. The number of ether oxygens (including phenoxy) is 1. The molecule has 2 aromatic rings. The lowest BCUT2D eigenvalue weighted by molar-refractivity contribution is 0.0527. The Labute approximate surface area is 175 Å². The summed E-state index contributed by atoms with van der Waals surface area (Å²) in [5, 5.41) is 9.03. The van der Waals surface area contributed by atoms with Crippen LogP contribution in [0.5, 0.6) is 0 Å². The van der Waals surface area contributed by atoms with E-state index in [9.17, 15) is 4.79 Å². The van der Waals surface area contributed by atoms with Crippen molar-refractivity contribution in [3.8, 4) is 0 Å². The number of thiophene rings is 1. The van der Waals surface area contributed by atoms with E-state index < -0.39 is 0 Å². The van der Waals surface area contributed by atoms with E-state index in [2.05, 4.69) is 17.3 Å². The maximum atomic E-state index is 12.7. The van der Waals surface area contributed by atoms with Crippen LogP contribution in [-0.2, 0) is 30.7 Å². The molecule has 2 heterocycles. The number of esters is 1. The molecule has 0 spiro atoms. The minimum Gasteiger partial charge on any atom is -0.462 e. The number of nitrogens with one attached hydrogen (secondary N) is 1. The fraction of sp³-hybridized carbons (Fsp3) is 0.550. The van der Waals surface area contributed by atoms with Crippen LogP contribution < -0.4 is 5.32 Å². The normalized spacial score (nSPS) is 13.5. The third-order valence-corrected chi connectivity index (χ3v) is 6.52. The number of aryl methyl sites for hydroxylation is 2. The van der Waals surface area contributed by atoms with Gasteiger partial charge in [0.1, 0.15) is 5.00 Å². The van der Waals surface area contributed by atoms with Crippen LogP contribution in [0.3, 0.4) is 0 Å². The highest BCUT2D eigenvalue weighted by atomic mass is 32.1. The zero-order valence-electron chi connectivity index (χ0n) is 16.8. The highest BCUT2D eigenvalue weighted by molar-refractivity contribution is 7.80. The third kappa shape index (κ3) is 4.72. The Morgan fingerprint density at radius 2 is 2.14 bits per heavy atom. The molecular weight excluding hydrogens is 392 g/mol. The molecule has 6 nitrogen and oxygen atoms in total. The van der Waals surface area contributed by atoms with Crippen molar-refractivity contribution in [1.29, 1.82) is 0 Å². The van der Waals surface area contributed by atoms with Crippen molar-refractivity contribution in [3.63, 3.8) is 0 Å². The maximum Gasteiger partial charge on any atom is 0.341 e. The molecule has 1 aliphatic rings. The molecule has 0 radical (unpaired) electrons. The topological polar surface area (TPSA) is 59.4 Å². The zero-order valence-corrected chi connectivity index (χ0v) is 18.4. The predicted molar refractivity (Wildman–Crippen MR) is 117 cm³/mol. The Morgan fingerprint density at radius 1 is 1.36 bits per heavy atom. The molecule has 0 aromatic carbocycles. The Morgan fingerprint density at radius 3 is 2.86 bits per heavy atom. The number of thiocarbonyl (C=S) groups is 1. The number of carbonyl (C=O) groups excluding carboxylic acids is 1. The Balaban J connectivity index is 1.78. The molecule has 1 N–H and O–H groups in total. The summed E-state index contributed by atoms with van der Waals surface area (Å²) in [7, 11) is 1.95. The smallest absolute Gasteiger partial charge is 0.341 e. The van der Waals surface area contributed by atoms with Gasteiger partial charge in [-0.1, -0.05) is 6.42 Å². The molecule has 0 aliphatic heterocycles. The first kappa shape index (κ1) is 20.8. The lowest BCUT2D eigenvalue weighted by atomic mass is 10.1. The van der Waals surface area contributed by atoms with Crippen LogP contribution in [0.15, 0.2) is 12.4 Å². The van der Waals surface area contributed by atoms with Crippen LogP contribution in [0.1, 0.15) is 59.5 Å². The second kappa shape index (κ2) is 9.52. The molecule has 28 heavy (non-hydrogen) atoms. The van der Waals surface area contributed by atoms with Crippen molar-refractivity contribution < 1.29 is 9.53 Å². The number of aromatic nitrogens is 2. The number of rotatable bonds is 6. The monoisotopic (exact) mass is 420 g/mol. The molecule has 0 saturated heterocycles. The van der Waals surface area contributed by atoms with Crippen LogP contribution in [0.25, 0.3) is 0 Å². The molecule has 0 fully saturated rings. The largest absolute Gasteiger partial charge is 0.462 e. The molecule has 0 atom stereocenters. The third-order valence-electron chi connectivity index (χ3n) is 4.90. The van der Waals surface area contributed by atoms with Gasteiger partial charge in [0.2, 0.25) is 0 Å². The minimum absolute atomic E-state index is 0.251. The minimum atomic E-state index is -0.251. The second-order valence-electron chi connectivity index (χ2n) is 6.98. The van der Waals surface area contributed by atoms with Gasteiger partial charge in [-0.2, -0.15) is 5.10 Å². The van der Waals surface area contributed by atoms with Crippen molar-refractivity contribution >= 4 is 39.6 Å². The molecule has 1 aliphatic carbocycles. The van der Waals surface area contributed by atoms with Gasteiger partial charge in [0.15, 0.2) is 5.11 Å². The van der Waals surface area contributed by atoms with Gasteiger partial charge in [0, 0.05) is 36.8 Å². The highest BCUT2D eigenvalue weighted by Crippen LogP contribution is 2.38. The Hall–Kier alpha value is -1.93. The standard InChI is InChI=1S/C20H28N4O2S2/c1-4-24-13-14(11-21-24)12-23(3)20(27)22-18-17(19(25)26-5-2)15-9-7-6-8-10-16(15)28-18/h11,13H,4-10,12H2,1-3H3,(H,22,27). The van der Waals surface area contributed by atoms with Crippen molar-refractivity contribution in [2.24, 2.45) is 0 Å². The van der Waals surface area contributed by atoms with E-state index in [4.69, 9.17) is 17.0 Å². The second-order valence-corrected chi connectivity index (χ2v) is 8.47. The quantitative estimate of drug-likeness (QED) is 0.429. The first-order valence-electron chi connectivity index (χ1n) is 9.88. The van der Waals surface area contributed by atoms with Gasteiger partial charge in [-0.3, -0.25) is 4.68 Å². The van der Waals surface area contributed by atoms with E-state index in [1.54, 1.807) is 11.3 Å². The zero-order chi connectivity index (χ0) is 20.1. The average molecular weight is 421 g/mol. The van der Waals surface area contributed by atoms with Crippen LogP contribution in [0.4, 0.5) is 5.00 Å². The number of hydrogen-bond acceptors (Lipinski definition) is 5. The fourth-order valence-corrected chi connectivity index (χ4v) is 4.96. The van der Waals surface area contributed by atoms with Gasteiger partial charge in [-0.25, -0.2) is 4.79 Å². The van der Waals surface area contributed by atoms with Gasteiger partial charge < -0.3 is 15.0 Å². The molecule has 152 valence electrons. The van der Waals surface area contributed by atoms with E-state index >= 15 is 0 Å². The summed E-state index contributed by atoms with van der Waals surface area (Å²) in [5.41, 5.74) is 2.93. The molecule has 0 saturated carbocycles. The van der Waals surface area contributed by atoms with Gasteiger partial charge in [0.05, 0.1) is 18.4 Å². The summed E-state index contributed by atoms with van der Waals surface area (Å²) in [5.74, 6) is -0.251. The first-order chi connectivity index (χ1) is 13.5. The average Bonchev–Trinajstić information content (AvgIpc) is 3.19. The molecule has 0 amide bonds. The highest BCUT2D eigenvalue weighted by Gasteiger charge is 2.26. The van der Waals surface area contributed by atoms with E-state index in [1.807, 2.05) is 35.9 Å². The van der Waals surface area contributed by atoms with E-state index in [0.29, 0.717) is 23.8 Å². The number of hydrogen-bond donors (Lipinski definition) is 1. The summed E-state index contributed by atoms with van der Waals surface area (Å²) in [6.07, 6.45) is 9.32. The molecule has 2 aromatic heterocycles. The number of fused-ring (bicyclic) bond motifs is 1. The van der Waals surface area contributed by atoms with Crippen molar-refractivity contribution in [2.45, 2.75) is 59.0 Å². The first-order valence-corrected chi connectivity index (χ1v) is 11.1. The van der Waals surface area contributed by atoms with Crippen molar-refractivity contribution in [3.05, 3.63) is 34.0 Å². The van der Waals surface area contributed by atoms with E-state index in [-0.39, 0.29) is 5.97 Å². The van der Waals surface area contributed by atoms with Crippen LogP contribution in [-0.4, -0.2) is 39.4 Å². The van der Waals surface area contributed by atoms with Gasteiger partial charge >= 0.3 is 5.97 Å². The number of carbonyl (C=O) groups is 1. The molecular formula is C20H28N4O2S2. The molecule has 0 unspecified atom stereocenters. The van der Waals surface area contributed by atoms with Crippen LogP contribution >= 0.6 is 23.6 Å². The van der Waals surface area contributed by atoms with Crippen LogP contribution in [0.2, 0.25) is 0 Å². The van der Waals surface area contributed by atoms with Gasteiger partial charge in [-0.05, 0) is 57.3 Å². The van der Waals surface area contributed by atoms with Crippen LogP contribution in [0, 0.1) is 0 Å². The maximum absolute atomic E-state index is 12.7.